The fourth-order valence-electron chi connectivity index (χ4n) is 2.64. The Labute approximate surface area is 114 Å². The monoisotopic (exact) mass is 264 g/mol. The quantitative estimate of drug-likeness (QED) is 0.869. The van der Waals surface area contributed by atoms with Gasteiger partial charge in [0.05, 0.1) is 5.60 Å². The van der Waals surface area contributed by atoms with Gasteiger partial charge in [0.2, 0.25) is 0 Å². The van der Waals surface area contributed by atoms with Gasteiger partial charge in [0.1, 0.15) is 17.5 Å². The molecule has 3 N–H and O–H groups in total. The molecule has 0 atom stereocenters. The van der Waals surface area contributed by atoms with E-state index in [0.29, 0.717) is 12.4 Å². The van der Waals surface area contributed by atoms with Crippen LogP contribution in [0.2, 0.25) is 0 Å². The summed E-state index contributed by atoms with van der Waals surface area (Å²) in [4.78, 5) is 10.8. The third-order valence-corrected chi connectivity index (χ3v) is 3.72. The molecular weight excluding hydrogens is 240 g/mol. The van der Waals surface area contributed by atoms with Crippen molar-refractivity contribution in [1.29, 1.82) is 0 Å². The van der Waals surface area contributed by atoms with Crippen molar-refractivity contribution < 1.29 is 5.11 Å². The van der Waals surface area contributed by atoms with Crippen molar-refractivity contribution in [1.82, 2.24) is 9.97 Å². The Hall–Kier alpha value is -1.36. The van der Waals surface area contributed by atoms with E-state index in [1.54, 1.807) is 6.07 Å². The summed E-state index contributed by atoms with van der Waals surface area (Å²) in [7, 11) is 1.95. The normalized spacial score (nSPS) is 17.9. The number of anilines is 2. The van der Waals surface area contributed by atoms with Gasteiger partial charge in [0.15, 0.2) is 0 Å². The summed E-state index contributed by atoms with van der Waals surface area (Å²) in [6.07, 6.45) is 3.95. The summed E-state index contributed by atoms with van der Waals surface area (Å²) in [6, 6.07) is 1.77. The molecule has 0 aromatic carbocycles. The van der Waals surface area contributed by atoms with E-state index >= 15 is 0 Å². The van der Waals surface area contributed by atoms with Crippen LogP contribution in [0, 0.1) is 0 Å². The number of aliphatic hydroxyl groups is 1. The first kappa shape index (κ1) is 14.1. The van der Waals surface area contributed by atoms with Crippen LogP contribution in [0.5, 0.6) is 0 Å². The highest BCUT2D eigenvalue weighted by molar-refractivity contribution is 5.47. The van der Waals surface area contributed by atoms with Crippen molar-refractivity contribution in [2.45, 2.75) is 51.0 Å². The van der Waals surface area contributed by atoms with E-state index < -0.39 is 5.60 Å². The first-order valence-electron chi connectivity index (χ1n) is 6.98. The standard InChI is InChI=1S/C14H24N4O/c1-10(2)13-16-11(15)8-12(17-13)18(3)9-14(19)6-4-5-7-14/h8,10,19H,4-7,9H2,1-3H3,(H2,15,16,17). The van der Waals surface area contributed by atoms with Crippen molar-refractivity contribution in [2.24, 2.45) is 0 Å². The minimum Gasteiger partial charge on any atom is -0.388 e. The zero-order valence-corrected chi connectivity index (χ0v) is 12.1. The molecular formula is C14H24N4O. The lowest BCUT2D eigenvalue weighted by atomic mass is 10.0. The molecule has 19 heavy (non-hydrogen) atoms. The van der Waals surface area contributed by atoms with Gasteiger partial charge in [-0.2, -0.15) is 0 Å². The smallest absolute Gasteiger partial charge is 0.135 e. The number of nitrogen functional groups attached to an aromatic ring is 1. The van der Waals surface area contributed by atoms with Crippen LogP contribution in [-0.4, -0.2) is 34.3 Å². The molecule has 0 spiro atoms. The molecule has 0 amide bonds. The van der Waals surface area contributed by atoms with Gasteiger partial charge in [-0.3, -0.25) is 0 Å². The third-order valence-electron chi connectivity index (χ3n) is 3.72. The molecule has 1 saturated carbocycles. The van der Waals surface area contributed by atoms with E-state index in [-0.39, 0.29) is 5.92 Å². The second-order valence-electron chi connectivity index (χ2n) is 5.95. The summed E-state index contributed by atoms with van der Waals surface area (Å²) in [6.45, 7) is 4.69. The number of aromatic nitrogens is 2. The predicted molar refractivity (Wildman–Crippen MR) is 77.2 cm³/mol. The summed E-state index contributed by atoms with van der Waals surface area (Å²) in [5.74, 6) is 2.26. The zero-order chi connectivity index (χ0) is 14.0. The Kier molecular flexibility index (Phi) is 3.94. The Balaban J connectivity index is 2.16. The van der Waals surface area contributed by atoms with Crippen molar-refractivity contribution in [3.8, 4) is 0 Å². The van der Waals surface area contributed by atoms with E-state index in [0.717, 1.165) is 37.3 Å². The Morgan fingerprint density at radius 3 is 2.58 bits per heavy atom. The fraction of sp³-hybridized carbons (Fsp3) is 0.714. The van der Waals surface area contributed by atoms with Crippen molar-refractivity contribution in [3.05, 3.63) is 11.9 Å². The maximum absolute atomic E-state index is 10.5. The van der Waals surface area contributed by atoms with Gasteiger partial charge < -0.3 is 15.7 Å². The van der Waals surface area contributed by atoms with Crippen LogP contribution < -0.4 is 10.6 Å². The molecule has 0 aliphatic heterocycles. The maximum Gasteiger partial charge on any atom is 0.135 e. The van der Waals surface area contributed by atoms with E-state index in [1.807, 2.05) is 25.8 Å². The van der Waals surface area contributed by atoms with Gasteiger partial charge in [-0.25, -0.2) is 9.97 Å². The van der Waals surface area contributed by atoms with Crippen molar-refractivity contribution in [3.63, 3.8) is 0 Å². The van der Waals surface area contributed by atoms with Crippen LogP contribution in [-0.2, 0) is 0 Å². The topological polar surface area (TPSA) is 75.3 Å². The number of hydrogen-bond acceptors (Lipinski definition) is 5. The lowest BCUT2D eigenvalue weighted by Crippen LogP contribution is -2.39. The third kappa shape index (κ3) is 3.35. The molecule has 5 nitrogen and oxygen atoms in total. The first-order chi connectivity index (χ1) is 8.89. The predicted octanol–water partition coefficient (Wildman–Crippen LogP) is 1.92. The van der Waals surface area contributed by atoms with E-state index in [4.69, 9.17) is 5.73 Å². The van der Waals surface area contributed by atoms with Crippen LogP contribution in [0.15, 0.2) is 6.07 Å². The van der Waals surface area contributed by atoms with Gasteiger partial charge in [0.25, 0.3) is 0 Å². The molecule has 1 fully saturated rings. The highest BCUT2D eigenvalue weighted by Gasteiger charge is 2.32. The maximum atomic E-state index is 10.5. The fourth-order valence-corrected chi connectivity index (χ4v) is 2.64. The lowest BCUT2D eigenvalue weighted by Gasteiger charge is -2.29. The van der Waals surface area contributed by atoms with Crippen LogP contribution in [0.3, 0.4) is 0 Å². The van der Waals surface area contributed by atoms with E-state index in [2.05, 4.69) is 9.97 Å². The zero-order valence-electron chi connectivity index (χ0n) is 12.1. The molecule has 0 saturated heterocycles. The molecule has 2 rings (SSSR count). The highest BCUT2D eigenvalue weighted by Crippen LogP contribution is 2.31. The molecule has 1 heterocycles. The Morgan fingerprint density at radius 1 is 1.37 bits per heavy atom. The van der Waals surface area contributed by atoms with Gasteiger partial charge in [-0.1, -0.05) is 26.7 Å². The molecule has 1 aromatic rings. The van der Waals surface area contributed by atoms with Crippen LogP contribution in [0.25, 0.3) is 0 Å². The van der Waals surface area contributed by atoms with Gasteiger partial charge >= 0.3 is 0 Å². The lowest BCUT2D eigenvalue weighted by molar-refractivity contribution is 0.0558. The second-order valence-corrected chi connectivity index (χ2v) is 5.95. The van der Waals surface area contributed by atoms with Gasteiger partial charge in [0, 0.05) is 25.6 Å². The summed E-state index contributed by atoms with van der Waals surface area (Å²) in [5.41, 5.74) is 5.26. The van der Waals surface area contributed by atoms with Gasteiger partial charge in [-0.15, -0.1) is 0 Å². The molecule has 1 aliphatic rings. The number of hydrogen-bond donors (Lipinski definition) is 2. The molecule has 106 valence electrons. The molecule has 0 unspecified atom stereocenters. The molecule has 5 heteroatoms. The van der Waals surface area contributed by atoms with Gasteiger partial charge in [-0.05, 0) is 12.8 Å². The number of rotatable bonds is 4. The van der Waals surface area contributed by atoms with Crippen LogP contribution >= 0.6 is 0 Å². The summed E-state index contributed by atoms with van der Waals surface area (Å²) >= 11 is 0. The Bertz CT molecular complexity index is 441. The number of likely N-dealkylation sites (N-methyl/N-ethyl adjacent to an activating group) is 1. The molecule has 1 aliphatic carbocycles. The molecule has 1 aromatic heterocycles. The second kappa shape index (κ2) is 5.33. The van der Waals surface area contributed by atoms with Crippen LogP contribution in [0.4, 0.5) is 11.6 Å². The minimum atomic E-state index is -0.577. The summed E-state index contributed by atoms with van der Waals surface area (Å²) < 4.78 is 0. The Morgan fingerprint density at radius 2 is 2.00 bits per heavy atom. The SMILES string of the molecule is CC(C)c1nc(N)cc(N(C)CC2(O)CCCC2)n1. The average molecular weight is 264 g/mol. The van der Waals surface area contributed by atoms with Crippen molar-refractivity contribution >= 4 is 11.6 Å². The molecule has 0 bridgehead atoms. The van der Waals surface area contributed by atoms with Crippen molar-refractivity contribution in [2.75, 3.05) is 24.2 Å². The van der Waals surface area contributed by atoms with E-state index in [9.17, 15) is 5.11 Å². The first-order valence-corrected chi connectivity index (χ1v) is 6.98. The number of nitrogens with zero attached hydrogens (tertiary/aromatic N) is 3. The molecule has 0 radical (unpaired) electrons. The highest BCUT2D eigenvalue weighted by atomic mass is 16.3. The number of nitrogens with two attached hydrogens (primary N) is 1. The van der Waals surface area contributed by atoms with E-state index in [1.165, 1.54) is 0 Å². The average Bonchev–Trinajstić information content (AvgIpc) is 2.74. The van der Waals surface area contributed by atoms with Crippen LogP contribution in [0.1, 0.15) is 51.3 Å². The largest absolute Gasteiger partial charge is 0.388 e. The summed E-state index contributed by atoms with van der Waals surface area (Å²) in [5, 5.41) is 10.5. The minimum absolute atomic E-state index is 0.241.